The molecule has 0 aliphatic carbocycles. The molecule has 43 heavy (non-hydrogen) atoms. The first-order valence-corrected chi connectivity index (χ1v) is 14.3. The minimum atomic E-state index is -0.488. The fraction of sp³-hybridized carbons (Fsp3) is 0.467. The Morgan fingerprint density at radius 2 is 1.44 bits per heavy atom. The molecule has 4 aromatic rings. The molecule has 1 N–H and O–H groups in total. The molecule has 228 valence electrons. The molecule has 0 spiro atoms. The molecule has 5 heterocycles. The summed E-state index contributed by atoms with van der Waals surface area (Å²) in [6, 6.07) is 6.37. The van der Waals surface area contributed by atoms with Gasteiger partial charge in [0.25, 0.3) is 11.1 Å². The van der Waals surface area contributed by atoms with E-state index >= 15 is 0 Å². The topological polar surface area (TPSA) is 154 Å². The summed E-state index contributed by atoms with van der Waals surface area (Å²) in [5, 5.41) is 2.95. The van der Waals surface area contributed by atoms with E-state index in [4.69, 9.17) is 4.74 Å². The molecule has 1 aliphatic heterocycles. The van der Waals surface area contributed by atoms with E-state index in [1.165, 1.54) is 10.6 Å². The van der Waals surface area contributed by atoms with E-state index in [0.29, 0.717) is 35.3 Å². The van der Waals surface area contributed by atoms with Crippen LogP contribution in [0.4, 0.5) is 4.79 Å². The van der Waals surface area contributed by atoms with Gasteiger partial charge in [-0.05, 0) is 59.6 Å². The lowest BCUT2D eigenvalue weighted by Gasteiger charge is -2.32. The van der Waals surface area contributed by atoms with Gasteiger partial charge in [0.2, 0.25) is 0 Å². The lowest BCUT2D eigenvalue weighted by Crippen LogP contribution is -2.46. The fourth-order valence-corrected chi connectivity index (χ4v) is 4.75. The SMILES string of the molecule is Cc1cnc2ccc(=O)n(CC=O)c2n1.Cc1cnc2ccc(=O)n(CCN3CCC(NC(=O)OC(C)(C)C)CC3)c2n1. The predicted octanol–water partition coefficient (Wildman–Crippen LogP) is 2.39. The van der Waals surface area contributed by atoms with Gasteiger partial charge in [-0.1, -0.05) is 0 Å². The normalized spacial score (nSPS) is 14.3. The highest BCUT2D eigenvalue weighted by Crippen LogP contribution is 2.13. The standard InChI is InChI=1S/C20H29N5O3.C10H9N3O2/c1-14-13-21-16-5-6-17(26)25(18(16)22-14)12-11-24-9-7-15(8-10-24)23-19(27)28-20(2,3)4;1-7-6-11-8-2-3-9(15)13(4-5-14)10(8)12-7/h5-6,13,15H,7-12H2,1-4H3,(H,23,27);2-3,5-6H,4H2,1H3. The Hall–Kier alpha value is -4.52. The van der Waals surface area contributed by atoms with Gasteiger partial charge in [-0.25, -0.2) is 14.8 Å². The molecule has 1 fully saturated rings. The molecular weight excluding hydrogens is 552 g/mol. The van der Waals surface area contributed by atoms with Crippen LogP contribution >= 0.6 is 0 Å². The van der Waals surface area contributed by atoms with Crippen molar-refractivity contribution in [2.45, 2.75) is 72.2 Å². The van der Waals surface area contributed by atoms with Crippen molar-refractivity contribution >= 4 is 34.7 Å². The summed E-state index contributed by atoms with van der Waals surface area (Å²) in [7, 11) is 0. The third kappa shape index (κ3) is 8.51. The Morgan fingerprint density at radius 3 is 1.98 bits per heavy atom. The number of pyridine rings is 2. The van der Waals surface area contributed by atoms with Gasteiger partial charge in [0.15, 0.2) is 11.3 Å². The van der Waals surface area contributed by atoms with E-state index in [-0.39, 0.29) is 29.8 Å². The van der Waals surface area contributed by atoms with Crippen molar-refractivity contribution in [3.8, 4) is 0 Å². The summed E-state index contributed by atoms with van der Waals surface area (Å²) in [4.78, 5) is 65.6. The summed E-state index contributed by atoms with van der Waals surface area (Å²) in [5.41, 5.74) is 3.14. The van der Waals surface area contributed by atoms with Gasteiger partial charge in [0.1, 0.15) is 22.9 Å². The van der Waals surface area contributed by atoms with Crippen LogP contribution in [0.3, 0.4) is 0 Å². The molecule has 0 unspecified atom stereocenters. The summed E-state index contributed by atoms with van der Waals surface area (Å²) in [5.74, 6) is 0. The highest BCUT2D eigenvalue weighted by atomic mass is 16.6. The third-order valence-electron chi connectivity index (χ3n) is 6.82. The van der Waals surface area contributed by atoms with Crippen LogP contribution in [0.15, 0.2) is 46.2 Å². The van der Waals surface area contributed by atoms with Crippen LogP contribution in [0, 0.1) is 13.8 Å². The lowest BCUT2D eigenvalue weighted by molar-refractivity contribution is -0.108. The first kappa shape index (κ1) is 31.4. The monoisotopic (exact) mass is 590 g/mol. The van der Waals surface area contributed by atoms with Crippen LogP contribution in [-0.2, 0) is 22.6 Å². The minimum Gasteiger partial charge on any atom is -0.444 e. The molecule has 0 atom stereocenters. The maximum Gasteiger partial charge on any atom is 0.407 e. The Kier molecular flexibility index (Phi) is 9.96. The van der Waals surface area contributed by atoms with Gasteiger partial charge >= 0.3 is 6.09 Å². The molecule has 0 aromatic carbocycles. The first-order chi connectivity index (χ1) is 20.4. The van der Waals surface area contributed by atoms with Gasteiger partial charge in [-0.15, -0.1) is 0 Å². The molecule has 13 heteroatoms. The average Bonchev–Trinajstić information content (AvgIpc) is 2.94. The third-order valence-corrected chi connectivity index (χ3v) is 6.82. The Bertz CT molecular complexity index is 1720. The highest BCUT2D eigenvalue weighted by molar-refractivity contribution is 5.71. The number of hydrogen-bond donors (Lipinski definition) is 1. The minimum absolute atomic E-state index is 0.00824. The molecule has 4 aromatic heterocycles. The first-order valence-electron chi connectivity index (χ1n) is 14.3. The van der Waals surface area contributed by atoms with Crippen LogP contribution in [0.2, 0.25) is 0 Å². The number of likely N-dealkylation sites (tertiary alicyclic amines) is 1. The van der Waals surface area contributed by atoms with E-state index in [9.17, 15) is 19.2 Å². The number of aldehydes is 1. The van der Waals surface area contributed by atoms with E-state index in [0.717, 1.165) is 43.7 Å². The van der Waals surface area contributed by atoms with E-state index in [2.05, 4.69) is 30.2 Å². The number of aromatic nitrogens is 6. The predicted molar refractivity (Wildman–Crippen MR) is 162 cm³/mol. The van der Waals surface area contributed by atoms with Crippen molar-refractivity contribution in [3.05, 3.63) is 68.8 Å². The maximum atomic E-state index is 12.3. The zero-order chi connectivity index (χ0) is 31.1. The van der Waals surface area contributed by atoms with Crippen molar-refractivity contribution in [2.75, 3.05) is 19.6 Å². The van der Waals surface area contributed by atoms with Gasteiger partial charge in [-0.3, -0.25) is 28.7 Å². The van der Waals surface area contributed by atoms with Gasteiger partial charge in [0, 0.05) is 56.7 Å². The number of fused-ring (bicyclic) bond motifs is 2. The number of aryl methyl sites for hydroxylation is 2. The van der Waals surface area contributed by atoms with Gasteiger partial charge < -0.3 is 19.7 Å². The second-order valence-electron chi connectivity index (χ2n) is 11.5. The van der Waals surface area contributed by atoms with Crippen LogP contribution in [0.5, 0.6) is 0 Å². The van der Waals surface area contributed by atoms with Crippen molar-refractivity contribution in [3.63, 3.8) is 0 Å². The maximum absolute atomic E-state index is 12.3. The average molecular weight is 591 g/mol. The molecular formula is C30H38N8O5. The summed E-state index contributed by atoms with van der Waals surface area (Å²) >= 11 is 0. The van der Waals surface area contributed by atoms with Gasteiger partial charge in [-0.2, -0.15) is 0 Å². The number of hydrogen-bond acceptors (Lipinski definition) is 10. The number of piperidine rings is 1. The number of alkyl carbamates (subject to hydrolysis) is 1. The fourth-order valence-electron chi connectivity index (χ4n) is 4.75. The van der Waals surface area contributed by atoms with Crippen LogP contribution in [0.25, 0.3) is 22.3 Å². The molecule has 0 saturated carbocycles. The van der Waals surface area contributed by atoms with E-state index in [1.54, 1.807) is 42.1 Å². The van der Waals surface area contributed by atoms with Crippen molar-refractivity contribution in [1.82, 2.24) is 39.3 Å². The number of amides is 1. The van der Waals surface area contributed by atoms with Crippen LogP contribution in [-0.4, -0.2) is 77.6 Å². The summed E-state index contributed by atoms with van der Waals surface area (Å²) < 4.78 is 8.32. The van der Waals surface area contributed by atoms with Crippen molar-refractivity contribution in [2.24, 2.45) is 0 Å². The Balaban J connectivity index is 0.000000237. The second-order valence-corrected chi connectivity index (χ2v) is 11.5. The molecule has 13 nitrogen and oxygen atoms in total. The zero-order valence-corrected chi connectivity index (χ0v) is 25.2. The molecule has 0 radical (unpaired) electrons. The number of carbonyl (C=O) groups is 2. The summed E-state index contributed by atoms with van der Waals surface area (Å²) in [6.07, 6.45) is 5.37. The lowest BCUT2D eigenvalue weighted by atomic mass is 10.1. The van der Waals surface area contributed by atoms with Crippen molar-refractivity contribution in [1.29, 1.82) is 0 Å². The number of rotatable bonds is 6. The number of carbonyl (C=O) groups excluding carboxylic acids is 2. The largest absolute Gasteiger partial charge is 0.444 e. The molecule has 5 rings (SSSR count). The van der Waals surface area contributed by atoms with Crippen LogP contribution in [0.1, 0.15) is 45.0 Å². The molecule has 1 aliphatic rings. The van der Waals surface area contributed by atoms with Crippen LogP contribution < -0.4 is 16.4 Å². The van der Waals surface area contributed by atoms with Gasteiger partial charge in [0.05, 0.1) is 17.9 Å². The second kappa shape index (κ2) is 13.6. The van der Waals surface area contributed by atoms with E-state index < -0.39 is 5.60 Å². The Morgan fingerprint density at radius 1 is 0.907 bits per heavy atom. The van der Waals surface area contributed by atoms with E-state index in [1.807, 2.05) is 27.7 Å². The van der Waals surface area contributed by atoms with Crippen molar-refractivity contribution < 1.29 is 14.3 Å². The molecule has 0 bridgehead atoms. The highest BCUT2D eigenvalue weighted by Gasteiger charge is 2.23. The number of nitrogens with one attached hydrogen (secondary N) is 1. The quantitative estimate of drug-likeness (QED) is 0.331. The molecule has 1 saturated heterocycles. The summed E-state index contributed by atoms with van der Waals surface area (Å²) in [6.45, 7) is 12.3. The zero-order valence-electron chi connectivity index (χ0n) is 25.2. The Labute approximate surface area is 248 Å². The smallest absolute Gasteiger partial charge is 0.407 e. The number of ether oxygens (including phenoxy) is 1. The number of nitrogens with zero attached hydrogens (tertiary/aromatic N) is 7. The molecule has 1 amide bonds.